The van der Waals surface area contributed by atoms with E-state index in [1.807, 2.05) is 0 Å². The van der Waals surface area contributed by atoms with Crippen LogP contribution in [0, 0.1) is 11.3 Å². The predicted molar refractivity (Wildman–Crippen MR) is 67.2 cm³/mol. The maximum absolute atomic E-state index is 9.04. The Bertz CT molecular complexity index is 212. The van der Waals surface area contributed by atoms with Gasteiger partial charge in [-0.05, 0) is 45.2 Å². The van der Waals surface area contributed by atoms with Gasteiger partial charge in [-0.15, -0.1) is 0 Å². The van der Waals surface area contributed by atoms with E-state index >= 15 is 0 Å². The molecule has 16 heavy (non-hydrogen) atoms. The Labute approximate surface area is 99.8 Å². The van der Waals surface area contributed by atoms with Crippen molar-refractivity contribution >= 4 is 0 Å². The first-order chi connectivity index (χ1) is 7.80. The van der Waals surface area contributed by atoms with Crippen LogP contribution < -0.4 is 5.32 Å². The quantitative estimate of drug-likeness (QED) is 0.651. The Morgan fingerprint density at radius 2 is 1.88 bits per heavy atom. The van der Waals surface area contributed by atoms with Gasteiger partial charge < -0.3 is 4.90 Å². The molecule has 1 atom stereocenters. The first-order valence-corrected chi connectivity index (χ1v) is 6.68. The molecule has 1 N–H and O–H groups in total. The maximum atomic E-state index is 9.04. The molecule has 0 radical (unpaired) electrons. The molecule has 1 aliphatic carbocycles. The summed E-state index contributed by atoms with van der Waals surface area (Å²) in [4.78, 5) is 2.47. The van der Waals surface area contributed by atoms with Crippen LogP contribution in [0.2, 0.25) is 0 Å². The summed E-state index contributed by atoms with van der Waals surface area (Å²) in [7, 11) is 0. The minimum absolute atomic E-state index is 0.0590. The van der Waals surface area contributed by atoms with Crippen molar-refractivity contribution in [1.82, 2.24) is 10.2 Å². The molecule has 0 aliphatic heterocycles. The molecular weight excluding hydrogens is 198 g/mol. The van der Waals surface area contributed by atoms with E-state index in [9.17, 15) is 0 Å². The van der Waals surface area contributed by atoms with Gasteiger partial charge >= 0.3 is 0 Å². The predicted octanol–water partition coefficient (Wildman–Crippen LogP) is 2.14. The number of hydrogen-bond donors (Lipinski definition) is 1. The molecule has 3 nitrogen and oxygen atoms in total. The highest BCUT2D eigenvalue weighted by molar-refractivity contribution is 4.95. The van der Waals surface area contributed by atoms with E-state index < -0.39 is 0 Å². The summed E-state index contributed by atoms with van der Waals surface area (Å²) >= 11 is 0. The van der Waals surface area contributed by atoms with Crippen LogP contribution in [0.5, 0.6) is 0 Å². The van der Waals surface area contributed by atoms with Crippen LogP contribution in [0.15, 0.2) is 0 Å². The summed E-state index contributed by atoms with van der Waals surface area (Å²) in [5.74, 6) is 0. The molecule has 0 amide bonds. The molecular formula is C13H25N3. The van der Waals surface area contributed by atoms with E-state index in [4.69, 9.17) is 5.26 Å². The average Bonchev–Trinajstić information content (AvgIpc) is 3.08. The van der Waals surface area contributed by atoms with Crippen molar-refractivity contribution in [2.45, 2.75) is 58.0 Å². The fraction of sp³-hybridized carbons (Fsp3) is 0.923. The van der Waals surface area contributed by atoms with Crippen LogP contribution in [0.1, 0.15) is 46.0 Å². The van der Waals surface area contributed by atoms with Gasteiger partial charge in [0.25, 0.3) is 0 Å². The normalized spacial score (nSPS) is 17.4. The van der Waals surface area contributed by atoms with Crippen LogP contribution in [0.25, 0.3) is 0 Å². The van der Waals surface area contributed by atoms with Crippen LogP contribution >= 0.6 is 0 Å². The summed E-state index contributed by atoms with van der Waals surface area (Å²) in [6.07, 6.45) is 5.88. The highest BCUT2D eigenvalue weighted by atomic mass is 15.1. The van der Waals surface area contributed by atoms with Gasteiger partial charge in [-0.2, -0.15) is 5.26 Å². The van der Waals surface area contributed by atoms with Gasteiger partial charge in [-0.25, -0.2) is 0 Å². The fourth-order valence-corrected chi connectivity index (χ4v) is 2.00. The Kier molecular flexibility index (Phi) is 6.44. The standard InChI is InChI=1S/C13H25N3/c1-3-8-16(9-4-2)10-7-13(11-14)15-12-5-6-12/h12-13,15H,3-10H2,1-2H3. The molecule has 0 heterocycles. The highest BCUT2D eigenvalue weighted by Crippen LogP contribution is 2.19. The molecule has 1 fully saturated rings. The van der Waals surface area contributed by atoms with E-state index in [2.05, 4.69) is 30.1 Å². The third kappa shape index (κ3) is 5.48. The Morgan fingerprint density at radius 1 is 1.25 bits per heavy atom. The van der Waals surface area contributed by atoms with E-state index in [0.717, 1.165) is 26.1 Å². The molecule has 0 saturated heterocycles. The lowest BCUT2D eigenvalue weighted by Crippen LogP contribution is -2.35. The number of nitrogens with zero attached hydrogens (tertiary/aromatic N) is 2. The number of nitrogens with one attached hydrogen (secondary N) is 1. The van der Waals surface area contributed by atoms with Gasteiger partial charge in [-0.1, -0.05) is 13.8 Å². The van der Waals surface area contributed by atoms with Crippen molar-refractivity contribution in [3.8, 4) is 6.07 Å². The van der Waals surface area contributed by atoms with Crippen LogP contribution in [0.3, 0.4) is 0 Å². The van der Waals surface area contributed by atoms with Gasteiger partial charge in [0.1, 0.15) is 0 Å². The summed E-state index contributed by atoms with van der Waals surface area (Å²) in [6, 6.07) is 3.07. The molecule has 1 rings (SSSR count). The lowest BCUT2D eigenvalue weighted by Gasteiger charge is -2.22. The molecule has 1 saturated carbocycles. The van der Waals surface area contributed by atoms with Gasteiger partial charge in [0.2, 0.25) is 0 Å². The first-order valence-electron chi connectivity index (χ1n) is 6.68. The molecule has 0 aromatic carbocycles. The van der Waals surface area contributed by atoms with Crippen molar-refractivity contribution in [3.63, 3.8) is 0 Å². The molecule has 0 aromatic rings. The number of rotatable bonds is 9. The first kappa shape index (κ1) is 13.5. The van der Waals surface area contributed by atoms with E-state index in [1.54, 1.807) is 0 Å². The summed E-state index contributed by atoms with van der Waals surface area (Å²) < 4.78 is 0. The van der Waals surface area contributed by atoms with E-state index in [1.165, 1.54) is 25.7 Å². The maximum Gasteiger partial charge on any atom is 0.0967 e. The van der Waals surface area contributed by atoms with Gasteiger partial charge in [0.15, 0.2) is 0 Å². The zero-order chi connectivity index (χ0) is 11.8. The van der Waals surface area contributed by atoms with Gasteiger partial charge in [0.05, 0.1) is 12.1 Å². The smallest absolute Gasteiger partial charge is 0.0967 e. The zero-order valence-corrected chi connectivity index (χ0v) is 10.7. The third-order valence-corrected chi connectivity index (χ3v) is 2.98. The van der Waals surface area contributed by atoms with Crippen LogP contribution in [-0.2, 0) is 0 Å². The summed E-state index contributed by atoms with van der Waals surface area (Å²) in [5.41, 5.74) is 0. The van der Waals surface area contributed by atoms with Crippen molar-refractivity contribution in [2.75, 3.05) is 19.6 Å². The van der Waals surface area contributed by atoms with Gasteiger partial charge in [-0.3, -0.25) is 5.32 Å². The van der Waals surface area contributed by atoms with E-state index in [-0.39, 0.29) is 6.04 Å². The largest absolute Gasteiger partial charge is 0.303 e. The highest BCUT2D eigenvalue weighted by Gasteiger charge is 2.24. The topological polar surface area (TPSA) is 39.1 Å². The van der Waals surface area contributed by atoms with Crippen molar-refractivity contribution < 1.29 is 0 Å². The summed E-state index contributed by atoms with van der Waals surface area (Å²) in [6.45, 7) is 7.81. The fourth-order valence-electron chi connectivity index (χ4n) is 2.00. The van der Waals surface area contributed by atoms with E-state index in [0.29, 0.717) is 6.04 Å². The third-order valence-electron chi connectivity index (χ3n) is 2.98. The molecule has 92 valence electrons. The minimum Gasteiger partial charge on any atom is -0.303 e. The monoisotopic (exact) mass is 223 g/mol. The Balaban J connectivity index is 2.19. The Hall–Kier alpha value is -0.590. The van der Waals surface area contributed by atoms with Gasteiger partial charge in [0, 0.05) is 12.6 Å². The molecule has 1 aliphatic rings. The van der Waals surface area contributed by atoms with Crippen LogP contribution in [-0.4, -0.2) is 36.6 Å². The number of hydrogen-bond acceptors (Lipinski definition) is 3. The lowest BCUT2D eigenvalue weighted by atomic mass is 10.2. The molecule has 0 aromatic heterocycles. The molecule has 0 bridgehead atoms. The van der Waals surface area contributed by atoms with Crippen molar-refractivity contribution in [1.29, 1.82) is 5.26 Å². The lowest BCUT2D eigenvalue weighted by molar-refractivity contribution is 0.263. The van der Waals surface area contributed by atoms with Crippen molar-refractivity contribution in [2.24, 2.45) is 0 Å². The summed E-state index contributed by atoms with van der Waals surface area (Å²) in [5, 5.41) is 12.4. The second-order valence-electron chi connectivity index (χ2n) is 4.75. The second-order valence-corrected chi connectivity index (χ2v) is 4.75. The molecule has 1 unspecified atom stereocenters. The van der Waals surface area contributed by atoms with Crippen LogP contribution in [0.4, 0.5) is 0 Å². The molecule has 0 spiro atoms. The zero-order valence-electron chi connectivity index (χ0n) is 10.7. The average molecular weight is 223 g/mol. The SMILES string of the molecule is CCCN(CCC)CCC(C#N)NC1CC1. The second kappa shape index (κ2) is 7.65. The van der Waals surface area contributed by atoms with Crippen molar-refractivity contribution in [3.05, 3.63) is 0 Å². The molecule has 3 heteroatoms. The number of nitriles is 1. The Morgan fingerprint density at radius 3 is 2.31 bits per heavy atom. The minimum atomic E-state index is 0.0590.